The highest BCUT2D eigenvalue weighted by Gasteiger charge is 2.18. The molecule has 20 heavy (non-hydrogen) atoms. The summed E-state index contributed by atoms with van der Waals surface area (Å²) in [6.45, 7) is 1.94. The average Bonchev–Trinajstić information content (AvgIpc) is 2.75. The molecule has 1 aromatic rings. The topological polar surface area (TPSA) is 62.3 Å². The Bertz CT molecular complexity index is 440. The Balaban J connectivity index is 1.74. The van der Waals surface area contributed by atoms with Crippen molar-refractivity contribution in [1.29, 1.82) is 0 Å². The molecule has 0 unspecified atom stereocenters. The lowest BCUT2D eigenvalue weighted by Gasteiger charge is -2.19. The van der Waals surface area contributed by atoms with Crippen molar-refractivity contribution in [3.63, 3.8) is 0 Å². The zero-order chi connectivity index (χ0) is 14.2. The van der Waals surface area contributed by atoms with Crippen LogP contribution in [-0.4, -0.2) is 34.8 Å². The monoisotopic (exact) mass is 275 g/mol. The van der Waals surface area contributed by atoms with Crippen LogP contribution in [-0.2, 0) is 16.1 Å². The van der Waals surface area contributed by atoms with Gasteiger partial charge in [0.2, 0.25) is 11.8 Å². The van der Waals surface area contributed by atoms with Gasteiger partial charge in [0.05, 0.1) is 12.2 Å². The van der Waals surface area contributed by atoms with E-state index in [-0.39, 0.29) is 18.2 Å². The van der Waals surface area contributed by atoms with Gasteiger partial charge >= 0.3 is 0 Å². The van der Waals surface area contributed by atoms with Crippen molar-refractivity contribution in [1.82, 2.24) is 15.2 Å². The minimum absolute atomic E-state index is 0.0627. The summed E-state index contributed by atoms with van der Waals surface area (Å²) >= 11 is 0. The second kappa shape index (κ2) is 7.62. The normalized spacial score (nSPS) is 15.5. The fourth-order valence-electron chi connectivity index (χ4n) is 2.32. The van der Waals surface area contributed by atoms with Crippen molar-refractivity contribution in [3.8, 4) is 0 Å². The van der Waals surface area contributed by atoms with E-state index in [1.165, 1.54) is 12.8 Å². The maximum Gasteiger partial charge on any atom is 0.232 e. The van der Waals surface area contributed by atoms with Crippen LogP contribution in [0.1, 0.15) is 37.8 Å². The third kappa shape index (κ3) is 4.64. The van der Waals surface area contributed by atoms with E-state index in [4.69, 9.17) is 0 Å². The SMILES string of the molecule is O=C(CC(=O)N1CCCCCC1)NCc1ccccn1. The van der Waals surface area contributed by atoms with Gasteiger partial charge < -0.3 is 10.2 Å². The summed E-state index contributed by atoms with van der Waals surface area (Å²) < 4.78 is 0. The second-order valence-corrected chi connectivity index (χ2v) is 5.07. The molecule has 0 saturated carbocycles. The highest BCUT2D eigenvalue weighted by atomic mass is 16.2. The van der Waals surface area contributed by atoms with E-state index in [1.807, 2.05) is 23.1 Å². The summed E-state index contributed by atoms with van der Waals surface area (Å²) in [5.74, 6) is -0.296. The zero-order valence-corrected chi connectivity index (χ0v) is 11.7. The van der Waals surface area contributed by atoms with Crippen molar-refractivity contribution in [2.75, 3.05) is 13.1 Å². The molecule has 0 radical (unpaired) electrons. The van der Waals surface area contributed by atoms with Gasteiger partial charge in [-0.15, -0.1) is 0 Å². The van der Waals surface area contributed by atoms with Crippen LogP contribution in [0.3, 0.4) is 0 Å². The van der Waals surface area contributed by atoms with E-state index in [0.29, 0.717) is 6.54 Å². The summed E-state index contributed by atoms with van der Waals surface area (Å²) in [7, 11) is 0. The van der Waals surface area contributed by atoms with Gasteiger partial charge in [-0.3, -0.25) is 14.6 Å². The molecular formula is C15H21N3O2. The molecule has 2 amide bonds. The standard InChI is InChI=1S/C15H21N3O2/c19-14(17-12-13-7-3-4-8-16-13)11-15(20)18-9-5-1-2-6-10-18/h3-4,7-8H,1-2,5-6,9-12H2,(H,17,19). The Kier molecular flexibility index (Phi) is 5.53. The molecule has 0 aromatic carbocycles. The Morgan fingerprint density at radius 2 is 1.90 bits per heavy atom. The molecule has 1 aliphatic rings. The number of aromatic nitrogens is 1. The van der Waals surface area contributed by atoms with Crippen molar-refractivity contribution in [2.45, 2.75) is 38.6 Å². The molecule has 1 aliphatic heterocycles. The molecule has 108 valence electrons. The Morgan fingerprint density at radius 3 is 2.55 bits per heavy atom. The molecule has 1 N–H and O–H groups in total. The lowest BCUT2D eigenvalue weighted by Crippen LogP contribution is -2.36. The van der Waals surface area contributed by atoms with Gasteiger partial charge in [-0.2, -0.15) is 0 Å². The summed E-state index contributed by atoms with van der Waals surface area (Å²) in [5, 5.41) is 2.74. The highest BCUT2D eigenvalue weighted by Crippen LogP contribution is 2.10. The Hall–Kier alpha value is -1.91. The molecular weight excluding hydrogens is 254 g/mol. The van der Waals surface area contributed by atoms with Crippen molar-refractivity contribution in [3.05, 3.63) is 30.1 Å². The van der Waals surface area contributed by atoms with Crippen molar-refractivity contribution >= 4 is 11.8 Å². The van der Waals surface area contributed by atoms with Crippen LogP contribution in [0.15, 0.2) is 24.4 Å². The van der Waals surface area contributed by atoms with Crippen LogP contribution < -0.4 is 5.32 Å². The van der Waals surface area contributed by atoms with Gasteiger partial charge in [0.25, 0.3) is 0 Å². The highest BCUT2D eigenvalue weighted by molar-refractivity contribution is 5.96. The number of hydrogen-bond acceptors (Lipinski definition) is 3. The number of pyridine rings is 1. The maximum absolute atomic E-state index is 12.0. The maximum atomic E-state index is 12.0. The van der Waals surface area contributed by atoms with E-state index in [2.05, 4.69) is 10.3 Å². The van der Waals surface area contributed by atoms with Gasteiger partial charge in [0, 0.05) is 19.3 Å². The van der Waals surface area contributed by atoms with Crippen LogP contribution in [0, 0.1) is 0 Å². The number of amides is 2. The fraction of sp³-hybridized carbons (Fsp3) is 0.533. The van der Waals surface area contributed by atoms with E-state index in [1.54, 1.807) is 6.20 Å². The molecule has 1 saturated heterocycles. The number of likely N-dealkylation sites (tertiary alicyclic amines) is 1. The van der Waals surface area contributed by atoms with Gasteiger partial charge in [0.15, 0.2) is 0 Å². The number of nitrogens with one attached hydrogen (secondary N) is 1. The van der Waals surface area contributed by atoms with Gasteiger partial charge in [0.1, 0.15) is 6.42 Å². The predicted molar refractivity (Wildman–Crippen MR) is 75.7 cm³/mol. The van der Waals surface area contributed by atoms with Crippen LogP contribution in [0.25, 0.3) is 0 Å². The summed E-state index contributed by atoms with van der Waals surface area (Å²) in [6.07, 6.45) is 6.06. The first-order valence-electron chi connectivity index (χ1n) is 7.20. The van der Waals surface area contributed by atoms with E-state index in [0.717, 1.165) is 31.6 Å². The third-order valence-corrected chi connectivity index (χ3v) is 3.46. The molecule has 2 rings (SSSR count). The largest absolute Gasteiger partial charge is 0.350 e. The molecule has 5 nitrogen and oxygen atoms in total. The number of carbonyl (C=O) groups excluding carboxylic acids is 2. The molecule has 1 fully saturated rings. The van der Waals surface area contributed by atoms with Crippen LogP contribution in [0.4, 0.5) is 0 Å². The predicted octanol–water partition coefficient (Wildman–Crippen LogP) is 1.49. The summed E-state index contributed by atoms with van der Waals surface area (Å²) in [6, 6.07) is 5.54. The number of nitrogens with zero attached hydrogens (tertiary/aromatic N) is 2. The quantitative estimate of drug-likeness (QED) is 0.847. The molecule has 0 atom stereocenters. The number of hydrogen-bond donors (Lipinski definition) is 1. The Morgan fingerprint density at radius 1 is 1.15 bits per heavy atom. The third-order valence-electron chi connectivity index (χ3n) is 3.46. The molecule has 0 spiro atoms. The summed E-state index contributed by atoms with van der Waals surface area (Å²) in [4.78, 5) is 29.7. The van der Waals surface area contributed by atoms with Gasteiger partial charge in [-0.25, -0.2) is 0 Å². The Labute approximate surface area is 119 Å². The molecule has 2 heterocycles. The van der Waals surface area contributed by atoms with Crippen LogP contribution in [0.2, 0.25) is 0 Å². The smallest absolute Gasteiger partial charge is 0.232 e. The van der Waals surface area contributed by atoms with Crippen molar-refractivity contribution in [2.24, 2.45) is 0 Å². The molecule has 5 heteroatoms. The van der Waals surface area contributed by atoms with Gasteiger partial charge in [-0.05, 0) is 25.0 Å². The fourth-order valence-corrected chi connectivity index (χ4v) is 2.32. The van der Waals surface area contributed by atoms with Crippen LogP contribution >= 0.6 is 0 Å². The molecule has 1 aromatic heterocycles. The lowest BCUT2D eigenvalue weighted by atomic mass is 10.2. The number of carbonyl (C=O) groups is 2. The first kappa shape index (κ1) is 14.5. The zero-order valence-electron chi connectivity index (χ0n) is 11.7. The van der Waals surface area contributed by atoms with Gasteiger partial charge in [-0.1, -0.05) is 18.9 Å². The molecule has 0 bridgehead atoms. The minimum Gasteiger partial charge on any atom is -0.350 e. The van der Waals surface area contributed by atoms with E-state index >= 15 is 0 Å². The minimum atomic E-state index is -0.232. The molecule has 0 aliphatic carbocycles. The first-order valence-corrected chi connectivity index (χ1v) is 7.20. The average molecular weight is 275 g/mol. The first-order chi connectivity index (χ1) is 9.75. The lowest BCUT2D eigenvalue weighted by molar-refractivity contribution is -0.136. The number of rotatable bonds is 4. The van der Waals surface area contributed by atoms with E-state index in [9.17, 15) is 9.59 Å². The van der Waals surface area contributed by atoms with Crippen molar-refractivity contribution < 1.29 is 9.59 Å². The van der Waals surface area contributed by atoms with Crippen LogP contribution in [0.5, 0.6) is 0 Å². The van der Waals surface area contributed by atoms with E-state index < -0.39 is 0 Å². The summed E-state index contributed by atoms with van der Waals surface area (Å²) in [5.41, 5.74) is 0.795. The second-order valence-electron chi connectivity index (χ2n) is 5.07.